The fraction of sp³-hybridized carbons (Fsp3) is 0.462. The molecular formula is C26H34N6O8S. The zero-order valence-corrected chi connectivity index (χ0v) is 23.9. The van der Waals surface area contributed by atoms with Crippen molar-refractivity contribution in [3.8, 4) is 11.4 Å². The molecule has 222 valence electrons. The minimum absolute atomic E-state index is 0.0724. The number of rotatable bonds is 11. The molecule has 0 aliphatic carbocycles. The smallest absolute Gasteiger partial charge is 0.409 e. The maximum Gasteiger partial charge on any atom is 0.409 e. The minimum Gasteiger partial charge on any atom is -0.481 e. The number of nitrogens with one attached hydrogen (secondary N) is 2. The molecule has 1 aliphatic rings. The molecule has 1 aromatic carbocycles. The van der Waals surface area contributed by atoms with Crippen LogP contribution in [0, 0.1) is 0 Å². The fourth-order valence-corrected chi connectivity index (χ4v) is 4.53. The van der Waals surface area contributed by atoms with Gasteiger partial charge in [-0.1, -0.05) is 30.3 Å². The van der Waals surface area contributed by atoms with Crippen molar-refractivity contribution >= 4 is 39.7 Å². The van der Waals surface area contributed by atoms with Crippen LogP contribution < -0.4 is 10.0 Å². The highest BCUT2D eigenvalue weighted by Gasteiger charge is 2.31. The summed E-state index contributed by atoms with van der Waals surface area (Å²) in [5.74, 6) is -2.54. The van der Waals surface area contributed by atoms with E-state index in [1.165, 1.54) is 23.6 Å². The van der Waals surface area contributed by atoms with Crippen LogP contribution in [0.1, 0.15) is 44.1 Å². The first kappa shape index (κ1) is 31.3. The first-order chi connectivity index (χ1) is 19.4. The average Bonchev–Trinajstić information content (AvgIpc) is 2.94. The largest absolute Gasteiger partial charge is 0.481 e. The van der Waals surface area contributed by atoms with Crippen LogP contribution in [0.4, 0.5) is 10.6 Å². The number of anilines is 1. The molecule has 14 nitrogen and oxygen atoms in total. The van der Waals surface area contributed by atoms with Gasteiger partial charge in [-0.2, -0.15) is 0 Å². The predicted molar refractivity (Wildman–Crippen MR) is 148 cm³/mol. The first-order valence-electron chi connectivity index (χ1n) is 13.1. The van der Waals surface area contributed by atoms with Crippen LogP contribution in [0.3, 0.4) is 0 Å². The Bertz CT molecular complexity index is 1360. The maximum absolute atomic E-state index is 13.4. The number of hydrogen-bond acceptors (Lipinski definition) is 9. The predicted octanol–water partition coefficient (Wildman–Crippen LogP) is 1.56. The summed E-state index contributed by atoms with van der Waals surface area (Å²) in [6, 6.07) is 8.54. The van der Waals surface area contributed by atoms with E-state index >= 15 is 0 Å². The normalized spacial score (nSPS) is 14.3. The number of carbonyl (C=O) groups is 4. The van der Waals surface area contributed by atoms with E-state index < -0.39 is 51.6 Å². The topological polar surface area (TPSA) is 188 Å². The van der Waals surface area contributed by atoms with E-state index in [0.717, 1.165) is 6.07 Å². The summed E-state index contributed by atoms with van der Waals surface area (Å²) in [4.78, 5) is 61.5. The third-order valence-electron chi connectivity index (χ3n) is 6.23. The lowest BCUT2D eigenvalue weighted by Crippen LogP contribution is -2.56. The highest BCUT2D eigenvalue weighted by molar-refractivity contribution is 7.93. The van der Waals surface area contributed by atoms with Gasteiger partial charge in [0.25, 0.3) is 5.91 Å². The summed E-state index contributed by atoms with van der Waals surface area (Å²) < 4.78 is 32.4. The molecule has 41 heavy (non-hydrogen) atoms. The summed E-state index contributed by atoms with van der Waals surface area (Å²) in [5, 5.41) is 11.0. The third kappa shape index (κ3) is 8.61. The minimum atomic E-state index is -3.81. The summed E-state index contributed by atoms with van der Waals surface area (Å²) >= 11 is 0. The van der Waals surface area contributed by atoms with Crippen molar-refractivity contribution in [2.75, 3.05) is 37.5 Å². The van der Waals surface area contributed by atoms with Crippen LogP contribution in [-0.2, 0) is 24.3 Å². The Morgan fingerprint density at radius 3 is 2.24 bits per heavy atom. The summed E-state index contributed by atoms with van der Waals surface area (Å²) in [7, 11) is -3.81. The van der Waals surface area contributed by atoms with Crippen molar-refractivity contribution in [2.24, 2.45) is 0 Å². The Labute approximate surface area is 238 Å². The number of carboxylic acids is 1. The lowest BCUT2D eigenvalue weighted by molar-refractivity contribution is -0.138. The number of benzene rings is 1. The molecule has 1 aromatic heterocycles. The van der Waals surface area contributed by atoms with Crippen LogP contribution in [0.5, 0.6) is 0 Å². The standard InChI is InChI=1S/C26H34N6O8S/c1-4-40-26(37)32-14-12-31(13-15-32)25(36)19(10-11-22(33)34)28-24(35)20-16-21(30-41(38,39)17(2)3)29-23(27-20)18-8-6-5-7-9-18/h5-9,16-17,19H,4,10-15H2,1-3H3,(H,28,35)(H,33,34)(H,27,29,30)/t19-/m0/s1. The number of amides is 3. The van der Waals surface area contributed by atoms with Gasteiger partial charge in [-0.15, -0.1) is 0 Å². The van der Waals surface area contributed by atoms with Gasteiger partial charge >= 0.3 is 12.1 Å². The molecule has 0 saturated carbocycles. The molecule has 1 fully saturated rings. The Hall–Kier alpha value is -4.27. The molecule has 1 atom stereocenters. The van der Waals surface area contributed by atoms with E-state index in [9.17, 15) is 32.7 Å². The van der Waals surface area contributed by atoms with Gasteiger partial charge in [0.1, 0.15) is 17.6 Å². The Morgan fingerprint density at radius 1 is 1.02 bits per heavy atom. The molecule has 2 aromatic rings. The van der Waals surface area contributed by atoms with E-state index in [2.05, 4.69) is 20.0 Å². The van der Waals surface area contributed by atoms with Gasteiger partial charge in [-0.25, -0.2) is 23.2 Å². The fourth-order valence-electron chi connectivity index (χ4n) is 3.90. The number of piperazine rings is 1. The number of aliphatic carboxylic acids is 1. The molecule has 2 heterocycles. The van der Waals surface area contributed by atoms with Crippen molar-refractivity contribution in [1.29, 1.82) is 0 Å². The van der Waals surface area contributed by atoms with Gasteiger partial charge in [0.2, 0.25) is 15.9 Å². The molecule has 0 radical (unpaired) electrons. The van der Waals surface area contributed by atoms with Gasteiger partial charge in [0.15, 0.2) is 5.82 Å². The molecule has 0 unspecified atom stereocenters. The van der Waals surface area contributed by atoms with E-state index in [1.54, 1.807) is 37.3 Å². The Morgan fingerprint density at radius 2 is 1.66 bits per heavy atom. The molecule has 1 saturated heterocycles. The number of ether oxygens (including phenoxy) is 1. The number of sulfonamides is 1. The second kappa shape index (κ2) is 13.9. The number of carbonyl (C=O) groups excluding carboxylic acids is 3. The molecule has 3 rings (SSSR count). The van der Waals surface area contributed by atoms with Gasteiger partial charge in [-0.05, 0) is 27.2 Å². The number of nitrogens with zero attached hydrogens (tertiary/aromatic N) is 4. The second-order valence-electron chi connectivity index (χ2n) is 9.49. The molecule has 0 bridgehead atoms. The summed E-state index contributed by atoms with van der Waals surface area (Å²) in [6.45, 7) is 5.66. The maximum atomic E-state index is 13.4. The number of aromatic nitrogens is 2. The van der Waals surface area contributed by atoms with Crippen LogP contribution in [0.2, 0.25) is 0 Å². The third-order valence-corrected chi connectivity index (χ3v) is 7.96. The van der Waals surface area contributed by atoms with Gasteiger partial charge in [0, 0.05) is 44.2 Å². The molecule has 3 amide bonds. The number of carboxylic acid groups (broad SMARTS) is 1. The Balaban J connectivity index is 1.86. The van der Waals surface area contributed by atoms with Crippen molar-refractivity contribution in [2.45, 2.75) is 44.9 Å². The second-order valence-corrected chi connectivity index (χ2v) is 11.7. The van der Waals surface area contributed by atoms with E-state index in [0.29, 0.717) is 5.56 Å². The van der Waals surface area contributed by atoms with Crippen LogP contribution >= 0.6 is 0 Å². The highest BCUT2D eigenvalue weighted by Crippen LogP contribution is 2.20. The SMILES string of the molecule is CCOC(=O)N1CCN(C(=O)[C@H](CCC(=O)O)NC(=O)c2cc(NS(=O)(=O)C(C)C)nc(-c3ccccc3)n2)CC1. The summed E-state index contributed by atoms with van der Waals surface area (Å²) in [6.07, 6.45) is -1.07. The highest BCUT2D eigenvalue weighted by atomic mass is 32.2. The summed E-state index contributed by atoms with van der Waals surface area (Å²) in [5.41, 5.74) is 0.297. The Kier molecular flexibility index (Phi) is 10.6. The monoisotopic (exact) mass is 590 g/mol. The molecule has 15 heteroatoms. The van der Waals surface area contributed by atoms with E-state index in [4.69, 9.17) is 4.74 Å². The van der Waals surface area contributed by atoms with Crippen LogP contribution in [0.15, 0.2) is 36.4 Å². The van der Waals surface area contributed by atoms with Crippen molar-refractivity contribution in [3.05, 3.63) is 42.1 Å². The van der Waals surface area contributed by atoms with Gasteiger partial charge in [0.05, 0.1) is 11.9 Å². The van der Waals surface area contributed by atoms with E-state index in [1.807, 2.05) is 0 Å². The van der Waals surface area contributed by atoms with Crippen LogP contribution in [-0.4, -0.2) is 101 Å². The molecule has 0 spiro atoms. The lowest BCUT2D eigenvalue weighted by Gasteiger charge is -2.35. The average molecular weight is 591 g/mol. The molecule has 1 aliphatic heterocycles. The van der Waals surface area contributed by atoms with E-state index in [-0.39, 0.29) is 56.5 Å². The zero-order chi connectivity index (χ0) is 30.2. The van der Waals surface area contributed by atoms with Crippen molar-refractivity contribution in [3.63, 3.8) is 0 Å². The van der Waals surface area contributed by atoms with Crippen molar-refractivity contribution < 1.29 is 37.4 Å². The first-order valence-corrected chi connectivity index (χ1v) is 14.6. The molecular weight excluding hydrogens is 556 g/mol. The van der Waals surface area contributed by atoms with Crippen LogP contribution in [0.25, 0.3) is 11.4 Å². The quantitative estimate of drug-likeness (QED) is 0.346. The zero-order valence-electron chi connectivity index (χ0n) is 23.1. The van der Waals surface area contributed by atoms with Gasteiger partial charge < -0.3 is 25.0 Å². The van der Waals surface area contributed by atoms with Crippen molar-refractivity contribution in [1.82, 2.24) is 25.1 Å². The number of hydrogen-bond donors (Lipinski definition) is 3. The lowest BCUT2D eigenvalue weighted by atomic mass is 10.1. The molecule has 3 N–H and O–H groups in total. The van der Waals surface area contributed by atoms with Gasteiger partial charge in [-0.3, -0.25) is 19.1 Å².